The van der Waals surface area contributed by atoms with E-state index in [1.54, 1.807) is 0 Å². The van der Waals surface area contributed by atoms with E-state index in [0.717, 1.165) is 6.92 Å². The Bertz CT molecular complexity index is 680. The molecule has 0 aliphatic heterocycles. The first-order valence-electron chi connectivity index (χ1n) is 7.94. The van der Waals surface area contributed by atoms with E-state index < -0.39 is 84.3 Å². The minimum atomic E-state index is -5.76. The van der Waals surface area contributed by atoms with E-state index >= 15 is 0 Å². The molecule has 2 nitrogen and oxygen atoms in total. The van der Waals surface area contributed by atoms with Gasteiger partial charge in [0.15, 0.2) is 6.10 Å². The summed E-state index contributed by atoms with van der Waals surface area (Å²) in [7, 11) is 0.517. The van der Waals surface area contributed by atoms with E-state index in [-0.39, 0.29) is 0 Å². The van der Waals surface area contributed by atoms with Crippen LogP contribution in [0.2, 0.25) is 0 Å². The Morgan fingerprint density at radius 2 is 1.20 bits per heavy atom. The molecule has 0 fully saturated rings. The topological polar surface area (TPSA) is 18.5 Å². The van der Waals surface area contributed by atoms with Crippen LogP contribution in [0.3, 0.4) is 0 Å². The Kier molecular flexibility index (Phi) is 7.73. The van der Waals surface area contributed by atoms with Gasteiger partial charge >= 0.3 is 24.7 Å². The van der Waals surface area contributed by atoms with Crippen LogP contribution < -0.4 is 0 Å². The summed E-state index contributed by atoms with van der Waals surface area (Å²) in [4.78, 5) is 0. The molecule has 0 saturated heterocycles. The molecule has 0 radical (unpaired) electrons. The van der Waals surface area contributed by atoms with Crippen LogP contribution in [0.1, 0.15) is 41.7 Å². The molecule has 14 heteroatoms. The molecule has 2 unspecified atom stereocenters. The Morgan fingerprint density at radius 1 is 0.767 bits per heavy atom. The number of halogens is 12. The number of alkyl halides is 12. The van der Waals surface area contributed by atoms with Crippen LogP contribution in [0, 0.1) is 0 Å². The summed E-state index contributed by atoms with van der Waals surface area (Å²) in [5, 5.41) is 0. The fourth-order valence-corrected chi connectivity index (χ4v) is 2.66. The van der Waals surface area contributed by atoms with Gasteiger partial charge in [0.2, 0.25) is 0 Å². The maximum absolute atomic E-state index is 13.4. The van der Waals surface area contributed by atoms with Gasteiger partial charge in [0.1, 0.15) is 0 Å². The Labute approximate surface area is 161 Å². The Balaban J connectivity index is 3.89. The maximum atomic E-state index is 13.4. The quantitative estimate of drug-likeness (QED) is 0.430. The third kappa shape index (κ3) is 6.40. The lowest BCUT2D eigenvalue weighted by Crippen LogP contribution is -2.34. The number of ether oxygens (including phenoxy) is 2. The summed E-state index contributed by atoms with van der Waals surface area (Å²) >= 11 is 0. The lowest BCUT2D eigenvalue weighted by atomic mass is 9.90. The van der Waals surface area contributed by atoms with Gasteiger partial charge in [0, 0.05) is 25.7 Å². The summed E-state index contributed by atoms with van der Waals surface area (Å²) in [6.07, 6.45) is -29.2. The fraction of sp³-hybridized carbons (Fsp3) is 0.625. The van der Waals surface area contributed by atoms with Crippen LogP contribution in [-0.4, -0.2) is 26.0 Å². The highest BCUT2D eigenvalue weighted by Crippen LogP contribution is 2.47. The van der Waals surface area contributed by atoms with Crippen molar-refractivity contribution in [3.05, 3.63) is 34.4 Å². The summed E-state index contributed by atoms with van der Waals surface area (Å²) in [5.41, 5.74) is -8.95. The van der Waals surface area contributed by atoms with E-state index in [1.165, 1.54) is 0 Å². The summed E-state index contributed by atoms with van der Waals surface area (Å²) in [6, 6.07) is -1.18. The summed E-state index contributed by atoms with van der Waals surface area (Å²) < 4.78 is 167. The first-order valence-corrected chi connectivity index (χ1v) is 7.94. The van der Waals surface area contributed by atoms with Crippen LogP contribution in [0.4, 0.5) is 52.7 Å². The van der Waals surface area contributed by atoms with Crippen molar-refractivity contribution in [3.63, 3.8) is 0 Å². The molecule has 0 aliphatic rings. The first kappa shape index (κ1) is 26.3. The average molecular weight is 466 g/mol. The highest BCUT2D eigenvalue weighted by Gasteiger charge is 2.48. The minimum absolute atomic E-state index is 0.517. The zero-order valence-electron chi connectivity index (χ0n) is 15.1. The number of hydrogen-bond acceptors (Lipinski definition) is 2. The van der Waals surface area contributed by atoms with Gasteiger partial charge < -0.3 is 9.47 Å². The SMILES string of the molecule is CCOC(CC(OC)C(F)(F)F)c1c(C(F)(F)F)cc(C(F)(F)F)cc1C(F)(F)F. The van der Waals surface area contributed by atoms with Gasteiger partial charge in [-0.15, -0.1) is 0 Å². The molecule has 0 heterocycles. The third-order valence-electron chi connectivity index (χ3n) is 3.89. The van der Waals surface area contributed by atoms with E-state index in [1.807, 2.05) is 0 Å². The van der Waals surface area contributed by atoms with Gasteiger partial charge in [0.25, 0.3) is 0 Å². The van der Waals surface area contributed by atoms with Gasteiger partial charge in [-0.25, -0.2) is 0 Å². The normalized spacial score (nSPS) is 15.9. The van der Waals surface area contributed by atoms with Crippen LogP contribution in [0.25, 0.3) is 0 Å². The first-order chi connectivity index (χ1) is 13.3. The standard InChI is InChI=1S/C16H14F12O2/c1-3-30-10(6-11(29-2)16(26,27)28)12-8(14(20,21)22)4-7(13(17,18)19)5-9(12)15(23,24)25/h4-5,10-11H,3,6H2,1-2H3. The summed E-state index contributed by atoms with van der Waals surface area (Å²) in [5.74, 6) is 0. The molecule has 0 spiro atoms. The molecular formula is C16H14F12O2. The molecule has 0 aromatic heterocycles. The average Bonchev–Trinajstić information content (AvgIpc) is 2.53. The highest BCUT2D eigenvalue weighted by molar-refractivity contribution is 5.45. The van der Waals surface area contributed by atoms with Crippen LogP contribution in [0.15, 0.2) is 12.1 Å². The van der Waals surface area contributed by atoms with Gasteiger partial charge in [-0.1, -0.05) is 0 Å². The lowest BCUT2D eigenvalue weighted by Gasteiger charge is -2.29. The monoisotopic (exact) mass is 466 g/mol. The molecule has 0 saturated carbocycles. The van der Waals surface area contributed by atoms with Crippen LogP contribution >= 0.6 is 0 Å². The number of hydrogen-bond donors (Lipinski definition) is 0. The van der Waals surface area contributed by atoms with Crippen LogP contribution in [-0.2, 0) is 28.0 Å². The fourth-order valence-electron chi connectivity index (χ4n) is 2.66. The summed E-state index contributed by atoms with van der Waals surface area (Å²) in [6.45, 7) is 0.446. The van der Waals surface area contributed by atoms with Crippen molar-refractivity contribution in [2.75, 3.05) is 13.7 Å². The molecule has 0 N–H and O–H groups in total. The second-order valence-electron chi connectivity index (χ2n) is 5.92. The highest BCUT2D eigenvalue weighted by atomic mass is 19.4. The van der Waals surface area contributed by atoms with Gasteiger partial charge in [-0.3, -0.25) is 0 Å². The molecule has 1 rings (SSSR count). The molecular weight excluding hydrogens is 452 g/mol. The van der Waals surface area contributed by atoms with Crippen molar-refractivity contribution in [1.82, 2.24) is 0 Å². The zero-order chi connectivity index (χ0) is 23.7. The molecule has 0 amide bonds. The van der Waals surface area contributed by atoms with Gasteiger partial charge in [-0.05, 0) is 19.1 Å². The van der Waals surface area contributed by atoms with Crippen molar-refractivity contribution in [2.45, 2.75) is 50.3 Å². The largest absolute Gasteiger partial charge is 0.416 e. The Morgan fingerprint density at radius 3 is 1.47 bits per heavy atom. The van der Waals surface area contributed by atoms with Crippen molar-refractivity contribution < 1.29 is 62.2 Å². The Hall–Kier alpha value is -1.70. The van der Waals surface area contributed by atoms with Crippen molar-refractivity contribution in [3.8, 4) is 0 Å². The zero-order valence-corrected chi connectivity index (χ0v) is 15.1. The second kappa shape index (κ2) is 8.81. The molecule has 2 atom stereocenters. The predicted octanol–water partition coefficient (Wildman–Crippen LogP) is 6.79. The molecule has 174 valence electrons. The molecule has 0 aliphatic carbocycles. The maximum Gasteiger partial charge on any atom is 0.416 e. The van der Waals surface area contributed by atoms with E-state index in [4.69, 9.17) is 4.74 Å². The van der Waals surface area contributed by atoms with Crippen LogP contribution in [0.5, 0.6) is 0 Å². The third-order valence-corrected chi connectivity index (χ3v) is 3.89. The van der Waals surface area contributed by atoms with E-state index in [9.17, 15) is 52.7 Å². The number of methoxy groups -OCH3 is 1. The number of rotatable bonds is 6. The van der Waals surface area contributed by atoms with Crippen molar-refractivity contribution in [2.24, 2.45) is 0 Å². The van der Waals surface area contributed by atoms with E-state index in [0.29, 0.717) is 7.11 Å². The lowest BCUT2D eigenvalue weighted by molar-refractivity contribution is -0.222. The predicted molar refractivity (Wildman–Crippen MR) is 77.3 cm³/mol. The number of benzene rings is 1. The van der Waals surface area contributed by atoms with Crippen molar-refractivity contribution >= 4 is 0 Å². The molecule has 1 aromatic carbocycles. The van der Waals surface area contributed by atoms with Crippen molar-refractivity contribution in [1.29, 1.82) is 0 Å². The smallest absolute Gasteiger partial charge is 0.374 e. The minimum Gasteiger partial charge on any atom is -0.374 e. The van der Waals surface area contributed by atoms with Gasteiger partial charge in [-0.2, -0.15) is 52.7 Å². The molecule has 0 bridgehead atoms. The second-order valence-corrected chi connectivity index (χ2v) is 5.92. The molecule has 30 heavy (non-hydrogen) atoms. The molecule has 1 aromatic rings. The van der Waals surface area contributed by atoms with E-state index in [2.05, 4.69) is 4.74 Å². The van der Waals surface area contributed by atoms with Gasteiger partial charge in [0.05, 0.1) is 22.8 Å².